The lowest BCUT2D eigenvalue weighted by Gasteiger charge is -2.21. The van der Waals surface area contributed by atoms with Crippen molar-refractivity contribution in [3.63, 3.8) is 0 Å². The number of imidazole rings is 1. The highest BCUT2D eigenvalue weighted by molar-refractivity contribution is 6.42. The average molecular weight is 405 g/mol. The number of carbonyl (C=O) groups excluding carboxylic acids is 2. The molecule has 156 valence electrons. The Kier molecular flexibility index (Phi) is 6.06. The van der Waals surface area contributed by atoms with Gasteiger partial charge in [0.2, 0.25) is 5.78 Å². The molecule has 6 heteroatoms. The number of hydrogen-bond acceptors (Lipinski definition) is 4. The van der Waals surface area contributed by atoms with E-state index in [4.69, 9.17) is 4.74 Å². The zero-order valence-corrected chi connectivity index (χ0v) is 18.0. The molecule has 0 saturated heterocycles. The minimum atomic E-state index is -0.697. The first kappa shape index (κ1) is 21.3. The van der Waals surface area contributed by atoms with Gasteiger partial charge in [-0.05, 0) is 17.0 Å². The van der Waals surface area contributed by atoms with E-state index in [0.717, 1.165) is 11.1 Å². The molecule has 3 rings (SSSR count). The number of ketones is 1. The fraction of sp³-hybridized carbons (Fsp3) is 0.292. The van der Waals surface area contributed by atoms with E-state index in [1.165, 1.54) is 0 Å². The number of carbonyl (C=O) groups is 2. The zero-order chi connectivity index (χ0) is 21.9. The van der Waals surface area contributed by atoms with Gasteiger partial charge >= 0.3 is 0 Å². The lowest BCUT2D eigenvalue weighted by atomic mass is 9.86. The zero-order valence-electron chi connectivity index (χ0n) is 18.0. The van der Waals surface area contributed by atoms with Crippen molar-refractivity contribution in [2.45, 2.75) is 32.2 Å². The van der Waals surface area contributed by atoms with E-state index in [9.17, 15) is 9.59 Å². The summed E-state index contributed by atoms with van der Waals surface area (Å²) in [6, 6.07) is 13.9. The third kappa shape index (κ3) is 4.43. The molecular formula is C24H27N3O3. The molecule has 1 atom stereocenters. The third-order valence-electron chi connectivity index (χ3n) is 5.06. The van der Waals surface area contributed by atoms with Crippen LogP contribution in [0.1, 0.15) is 54.1 Å². The topological polar surface area (TPSA) is 73.2 Å². The Hall–Kier alpha value is -3.41. The number of ether oxygens (including phenoxy) is 1. The van der Waals surface area contributed by atoms with Gasteiger partial charge in [0, 0.05) is 30.6 Å². The minimum absolute atomic E-state index is 0.0308. The predicted molar refractivity (Wildman–Crippen MR) is 116 cm³/mol. The van der Waals surface area contributed by atoms with Gasteiger partial charge in [0.15, 0.2) is 0 Å². The molecule has 0 spiro atoms. The third-order valence-corrected chi connectivity index (χ3v) is 5.06. The van der Waals surface area contributed by atoms with Crippen LogP contribution in [0.2, 0.25) is 0 Å². The summed E-state index contributed by atoms with van der Waals surface area (Å²) in [5.41, 5.74) is 2.13. The van der Waals surface area contributed by atoms with Crippen molar-refractivity contribution in [3.05, 3.63) is 83.4 Å². The first-order valence-corrected chi connectivity index (χ1v) is 9.78. The lowest BCUT2D eigenvalue weighted by Crippen LogP contribution is -2.36. The SMILES string of the molecule is COc1ccccc1C(NC(=O)C(=O)c1ccc(C(C)(C)C)cc1)c1nccn1C. The van der Waals surface area contributed by atoms with Crippen molar-refractivity contribution in [2.75, 3.05) is 7.11 Å². The largest absolute Gasteiger partial charge is 0.496 e. The molecule has 1 aromatic heterocycles. The second kappa shape index (κ2) is 8.53. The van der Waals surface area contributed by atoms with E-state index in [2.05, 4.69) is 31.1 Å². The molecule has 0 bridgehead atoms. The Morgan fingerprint density at radius 1 is 1.07 bits per heavy atom. The van der Waals surface area contributed by atoms with Crippen molar-refractivity contribution in [1.82, 2.24) is 14.9 Å². The molecule has 1 heterocycles. The van der Waals surface area contributed by atoms with Crippen molar-refractivity contribution in [1.29, 1.82) is 0 Å². The van der Waals surface area contributed by atoms with Crippen molar-refractivity contribution in [2.24, 2.45) is 7.05 Å². The summed E-state index contributed by atoms with van der Waals surface area (Å²) in [6.45, 7) is 6.30. The van der Waals surface area contributed by atoms with E-state index in [1.807, 2.05) is 43.4 Å². The number of Topliss-reactive ketones (excluding diaryl/α,β-unsaturated/α-hetero) is 1. The summed E-state index contributed by atoms with van der Waals surface area (Å²) in [4.78, 5) is 30.1. The molecule has 0 aliphatic rings. The van der Waals surface area contributed by atoms with Gasteiger partial charge in [-0.15, -0.1) is 0 Å². The Morgan fingerprint density at radius 2 is 1.73 bits per heavy atom. The van der Waals surface area contributed by atoms with Crippen LogP contribution in [0, 0.1) is 0 Å². The molecule has 1 amide bonds. The van der Waals surface area contributed by atoms with Gasteiger partial charge in [-0.2, -0.15) is 0 Å². The number of para-hydroxylation sites is 1. The van der Waals surface area contributed by atoms with E-state index in [0.29, 0.717) is 17.1 Å². The first-order valence-electron chi connectivity index (χ1n) is 9.78. The van der Waals surface area contributed by atoms with E-state index in [-0.39, 0.29) is 5.41 Å². The van der Waals surface area contributed by atoms with Gasteiger partial charge in [-0.25, -0.2) is 4.98 Å². The Bertz CT molecular complexity index is 1050. The van der Waals surface area contributed by atoms with Crippen molar-refractivity contribution in [3.8, 4) is 5.75 Å². The van der Waals surface area contributed by atoms with Gasteiger partial charge in [0.25, 0.3) is 5.91 Å². The molecule has 0 fully saturated rings. The summed E-state index contributed by atoms with van der Waals surface area (Å²) < 4.78 is 7.27. The van der Waals surface area contributed by atoms with Crippen LogP contribution in [0.5, 0.6) is 5.75 Å². The Labute approximate surface area is 176 Å². The highest BCUT2D eigenvalue weighted by Crippen LogP contribution is 2.29. The molecular weight excluding hydrogens is 378 g/mol. The number of nitrogens with one attached hydrogen (secondary N) is 1. The predicted octanol–water partition coefficient (Wildman–Crippen LogP) is 3.81. The molecule has 0 aliphatic heterocycles. The Balaban J connectivity index is 1.90. The number of rotatable bonds is 6. The molecule has 1 N–H and O–H groups in total. The highest BCUT2D eigenvalue weighted by atomic mass is 16.5. The monoisotopic (exact) mass is 405 g/mol. The fourth-order valence-electron chi connectivity index (χ4n) is 3.29. The minimum Gasteiger partial charge on any atom is -0.496 e. The summed E-state index contributed by atoms with van der Waals surface area (Å²) in [5.74, 6) is -0.0847. The maximum absolute atomic E-state index is 12.9. The number of aryl methyl sites for hydroxylation is 1. The van der Waals surface area contributed by atoms with Crippen LogP contribution in [0.4, 0.5) is 0 Å². The molecule has 3 aromatic rings. The quantitative estimate of drug-likeness (QED) is 0.500. The first-order chi connectivity index (χ1) is 14.2. The molecule has 0 radical (unpaired) electrons. The molecule has 0 aliphatic carbocycles. The summed E-state index contributed by atoms with van der Waals surface area (Å²) in [6.07, 6.45) is 3.44. The molecule has 1 unspecified atom stereocenters. The molecule has 30 heavy (non-hydrogen) atoms. The second-order valence-corrected chi connectivity index (χ2v) is 8.20. The van der Waals surface area contributed by atoms with E-state index < -0.39 is 17.7 Å². The Morgan fingerprint density at radius 3 is 2.30 bits per heavy atom. The van der Waals surface area contributed by atoms with Gasteiger partial charge in [-0.3, -0.25) is 9.59 Å². The number of aromatic nitrogens is 2. The number of methoxy groups -OCH3 is 1. The van der Waals surface area contributed by atoms with Crippen LogP contribution in [-0.4, -0.2) is 28.4 Å². The van der Waals surface area contributed by atoms with Gasteiger partial charge < -0.3 is 14.6 Å². The average Bonchev–Trinajstić information content (AvgIpc) is 3.16. The lowest BCUT2D eigenvalue weighted by molar-refractivity contribution is -0.117. The normalized spacial score (nSPS) is 12.3. The van der Waals surface area contributed by atoms with Crippen molar-refractivity contribution >= 4 is 11.7 Å². The summed E-state index contributed by atoms with van der Waals surface area (Å²) in [5, 5.41) is 2.84. The maximum atomic E-state index is 12.9. The smallest absolute Gasteiger partial charge is 0.293 e. The number of hydrogen-bond donors (Lipinski definition) is 1. The standard InChI is InChI=1S/C24H27N3O3/c1-24(2,3)17-12-10-16(11-13-17)21(28)23(29)26-20(22-25-14-15-27(22)4)18-8-6-7-9-19(18)30-5/h6-15,20H,1-5H3,(H,26,29). The number of amides is 1. The molecule has 2 aromatic carbocycles. The molecule has 0 saturated carbocycles. The molecule has 6 nitrogen and oxygen atoms in total. The van der Waals surface area contributed by atoms with Crippen LogP contribution in [0.15, 0.2) is 60.9 Å². The van der Waals surface area contributed by atoms with E-state index in [1.54, 1.807) is 36.2 Å². The van der Waals surface area contributed by atoms with Crippen LogP contribution in [0.25, 0.3) is 0 Å². The highest BCUT2D eigenvalue weighted by Gasteiger charge is 2.27. The van der Waals surface area contributed by atoms with Crippen LogP contribution < -0.4 is 10.1 Å². The van der Waals surface area contributed by atoms with Crippen LogP contribution >= 0.6 is 0 Å². The van der Waals surface area contributed by atoms with Gasteiger partial charge in [0.1, 0.15) is 17.6 Å². The van der Waals surface area contributed by atoms with Crippen LogP contribution in [0.3, 0.4) is 0 Å². The van der Waals surface area contributed by atoms with Gasteiger partial charge in [-0.1, -0.05) is 63.2 Å². The summed E-state index contributed by atoms with van der Waals surface area (Å²) in [7, 11) is 3.40. The van der Waals surface area contributed by atoms with E-state index >= 15 is 0 Å². The summed E-state index contributed by atoms with van der Waals surface area (Å²) >= 11 is 0. The maximum Gasteiger partial charge on any atom is 0.293 e. The van der Waals surface area contributed by atoms with Crippen LogP contribution in [-0.2, 0) is 17.3 Å². The fourth-order valence-corrected chi connectivity index (χ4v) is 3.29. The number of nitrogens with zero attached hydrogens (tertiary/aromatic N) is 2. The van der Waals surface area contributed by atoms with Gasteiger partial charge in [0.05, 0.1) is 7.11 Å². The second-order valence-electron chi connectivity index (χ2n) is 8.20. The van der Waals surface area contributed by atoms with Crippen molar-refractivity contribution < 1.29 is 14.3 Å². The number of benzene rings is 2.